The number of aryl methyl sites for hydroxylation is 2. The largest absolute Gasteiger partial charge is 0.457 e. The number of amides is 1. The zero-order chi connectivity index (χ0) is 25.1. The number of ether oxygens (including phenoxy) is 1. The third-order valence-electron chi connectivity index (χ3n) is 5.94. The molecule has 4 rings (SSSR count). The number of hydrogen-bond donors (Lipinski definition) is 1. The molecule has 2 aliphatic heterocycles. The van der Waals surface area contributed by atoms with Gasteiger partial charge in [-0.3, -0.25) is 4.79 Å². The van der Waals surface area contributed by atoms with Gasteiger partial charge in [-0.15, -0.1) is 0 Å². The minimum atomic E-state index is -0.431. The molecule has 6 nitrogen and oxygen atoms in total. The molecule has 0 unspecified atom stereocenters. The number of benzene rings is 2. The van der Waals surface area contributed by atoms with Crippen LogP contribution in [0, 0.1) is 13.8 Å². The predicted molar refractivity (Wildman–Crippen MR) is 140 cm³/mol. The van der Waals surface area contributed by atoms with E-state index in [0.29, 0.717) is 11.3 Å². The number of nitrogens with one attached hydrogen (secondary N) is 1. The van der Waals surface area contributed by atoms with Crippen molar-refractivity contribution in [3.05, 3.63) is 93.2 Å². The molecule has 2 aromatic carbocycles. The summed E-state index contributed by atoms with van der Waals surface area (Å²) in [6, 6.07) is 15.5. The van der Waals surface area contributed by atoms with E-state index < -0.39 is 12.0 Å². The van der Waals surface area contributed by atoms with Crippen molar-refractivity contribution in [3.8, 4) is 0 Å². The van der Waals surface area contributed by atoms with Gasteiger partial charge >= 0.3 is 5.97 Å². The first-order valence-corrected chi connectivity index (χ1v) is 12.6. The van der Waals surface area contributed by atoms with E-state index in [9.17, 15) is 9.59 Å². The van der Waals surface area contributed by atoms with Crippen LogP contribution in [0.1, 0.15) is 55.5 Å². The number of aliphatic imine (C=N–C) groups is 1. The van der Waals surface area contributed by atoms with Gasteiger partial charge in [0.15, 0.2) is 5.17 Å². The summed E-state index contributed by atoms with van der Waals surface area (Å²) < 4.78 is 5.77. The van der Waals surface area contributed by atoms with E-state index >= 15 is 0 Å². The van der Waals surface area contributed by atoms with Crippen molar-refractivity contribution in [2.24, 2.45) is 4.99 Å². The Bertz CT molecular complexity index is 1230. The van der Waals surface area contributed by atoms with Crippen LogP contribution in [0.25, 0.3) is 0 Å². The average molecular weight is 490 g/mol. The molecule has 0 spiro atoms. The number of carbonyl (C=O) groups is 2. The summed E-state index contributed by atoms with van der Waals surface area (Å²) in [5.41, 5.74) is 6.07. The minimum absolute atomic E-state index is 0.0486. The highest BCUT2D eigenvalue weighted by Gasteiger charge is 2.41. The first kappa shape index (κ1) is 24.8. The van der Waals surface area contributed by atoms with E-state index in [1.807, 2.05) is 81.3 Å². The van der Waals surface area contributed by atoms with Crippen LogP contribution in [-0.2, 0) is 20.9 Å². The van der Waals surface area contributed by atoms with Crippen LogP contribution in [0.4, 0.5) is 0 Å². The lowest BCUT2D eigenvalue weighted by atomic mass is 9.90. The number of allylic oxidation sites excluding steroid dienone is 1. The van der Waals surface area contributed by atoms with Crippen molar-refractivity contribution in [3.63, 3.8) is 0 Å². The fraction of sp³-hybridized carbons (Fsp3) is 0.321. The summed E-state index contributed by atoms with van der Waals surface area (Å²) in [6.45, 7) is 10.0. The van der Waals surface area contributed by atoms with Gasteiger partial charge in [-0.05, 0) is 56.7 Å². The minimum Gasteiger partial charge on any atom is -0.457 e. The lowest BCUT2D eigenvalue weighted by Crippen LogP contribution is -2.39. The number of fused-ring (bicyclic) bond motifs is 1. The summed E-state index contributed by atoms with van der Waals surface area (Å²) in [6.07, 6.45) is 0.205. The van der Waals surface area contributed by atoms with Gasteiger partial charge in [0.1, 0.15) is 6.61 Å². The third kappa shape index (κ3) is 5.51. The van der Waals surface area contributed by atoms with E-state index in [2.05, 4.69) is 17.4 Å². The second-order valence-corrected chi connectivity index (χ2v) is 10.1. The number of amidine groups is 1. The zero-order valence-corrected chi connectivity index (χ0v) is 21.6. The molecule has 35 heavy (non-hydrogen) atoms. The van der Waals surface area contributed by atoms with Crippen molar-refractivity contribution in [1.82, 2.24) is 10.2 Å². The van der Waals surface area contributed by atoms with E-state index in [-0.39, 0.29) is 25.0 Å². The van der Waals surface area contributed by atoms with Gasteiger partial charge in [0.25, 0.3) is 0 Å². The van der Waals surface area contributed by atoms with Crippen LogP contribution in [0.2, 0.25) is 0 Å². The highest BCUT2D eigenvalue weighted by molar-refractivity contribution is 8.16. The maximum Gasteiger partial charge on any atom is 0.338 e. The Balaban J connectivity index is 1.71. The molecule has 0 fully saturated rings. The van der Waals surface area contributed by atoms with Crippen molar-refractivity contribution < 1.29 is 14.3 Å². The summed E-state index contributed by atoms with van der Waals surface area (Å²) in [4.78, 5) is 32.9. The Morgan fingerprint density at radius 2 is 1.86 bits per heavy atom. The van der Waals surface area contributed by atoms with Crippen LogP contribution in [0.15, 0.2) is 75.9 Å². The Labute approximate surface area is 211 Å². The molecule has 182 valence electrons. The summed E-state index contributed by atoms with van der Waals surface area (Å²) >= 11 is 1.48. The van der Waals surface area contributed by atoms with Gasteiger partial charge in [0, 0.05) is 11.7 Å². The fourth-order valence-corrected chi connectivity index (χ4v) is 5.36. The Morgan fingerprint density at radius 1 is 1.11 bits per heavy atom. The maximum absolute atomic E-state index is 13.5. The Kier molecular flexibility index (Phi) is 7.45. The molecule has 0 aromatic heterocycles. The second-order valence-electron chi connectivity index (χ2n) is 9.21. The first-order valence-electron chi connectivity index (χ1n) is 11.8. The summed E-state index contributed by atoms with van der Waals surface area (Å²) in [5, 5.41) is 5.68. The van der Waals surface area contributed by atoms with E-state index in [1.165, 1.54) is 11.8 Å². The zero-order valence-electron chi connectivity index (χ0n) is 20.8. The van der Waals surface area contributed by atoms with E-state index in [0.717, 1.165) is 33.1 Å². The molecule has 1 amide bonds. The number of carbonyl (C=O) groups excluding carboxylic acids is 2. The van der Waals surface area contributed by atoms with Crippen molar-refractivity contribution in [2.45, 2.75) is 59.7 Å². The Morgan fingerprint density at radius 3 is 2.54 bits per heavy atom. The van der Waals surface area contributed by atoms with Gasteiger partial charge < -0.3 is 15.0 Å². The molecule has 0 saturated heterocycles. The lowest BCUT2D eigenvalue weighted by molar-refractivity contribution is -0.141. The van der Waals surface area contributed by atoms with Crippen molar-refractivity contribution >= 4 is 28.8 Å². The Hall–Kier alpha value is -3.32. The molecule has 1 N–H and O–H groups in total. The van der Waals surface area contributed by atoms with Gasteiger partial charge in [-0.25, -0.2) is 9.79 Å². The maximum atomic E-state index is 13.5. The van der Waals surface area contributed by atoms with Crippen LogP contribution >= 0.6 is 11.8 Å². The molecule has 0 bridgehead atoms. The van der Waals surface area contributed by atoms with Crippen LogP contribution in [0.5, 0.6) is 0 Å². The third-order valence-corrected chi connectivity index (χ3v) is 6.83. The predicted octanol–water partition coefficient (Wildman–Crippen LogP) is 5.54. The SMILES string of the molecule is CC1=C(C(=O)OCc2ccccc2)[C@@H](c2ccc(C)cc2C)N2C(CC(=O)NC(C)C)=CSC2=N1. The summed E-state index contributed by atoms with van der Waals surface area (Å²) in [5.74, 6) is -0.464. The molecular formula is C28H31N3O3S. The first-order chi connectivity index (χ1) is 16.7. The molecule has 0 saturated carbocycles. The molecule has 0 radical (unpaired) electrons. The second kappa shape index (κ2) is 10.5. The van der Waals surface area contributed by atoms with Crippen molar-refractivity contribution in [1.29, 1.82) is 0 Å². The van der Waals surface area contributed by atoms with Gasteiger partial charge in [-0.1, -0.05) is 65.9 Å². The number of nitrogens with zero attached hydrogens (tertiary/aromatic N) is 2. The van der Waals surface area contributed by atoms with Gasteiger partial charge in [0.2, 0.25) is 5.91 Å². The number of rotatable bonds is 7. The number of thioether (sulfide) groups is 1. The van der Waals surface area contributed by atoms with E-state index in [1.54, 1.807) is 0 Å². The quantitative estimate of drug-likeness (QED) is 0.518. The highest BCUT2D eigenvalue weighted by atomic mass is 32.2. The smallest absolute Gasteiger partial charge is 0.338 e. The fourth-order valence-electron chi connectivity index (χ4n) is 4.40. The molecule has 7 heteroatoms. The molecule has 1 atom stereocenters. The monoisotopic (exact) mass is 489 g/mol. The standard InChI is InChI=1S/C28H31N3O3S/c1-17(2)29-24(32)14-22-16-35-28-30-20(5)25(27(33)34-15-21-9-7-6-8-10-21)26(31(22)28)23-12-11-18(3)13-19(23)4/h6-13,16-17,26H,14-15H2,1-5H3,(H,29,32)/t26-/m1/s1. The molecule has 2 heterocycles. The van der Waals surface area contributed by atoms with Crippen LogP contribution < -0.4 is 5.32 Å². The van der Waals surface area contributed by atoms with Gasteiger partial charge in [-0.2, -0.15) is 0 Å². The number of esters is 1. The van der Waals surface area contributed by atoms with Gasteiger partial charge in [0.05, 0.1) is 23.7 Å². The van der Waals surface area contributed by atoms with Crippen molar-refractivity contribution in [2.75, 3.05) is 0 Å². The molecule has 2 aliphatic rings. The molecule has 2 aromatic rings. The lowest BCUT2D eigenvalue weighted by Gasteiger charge is -2.37. The average Bonchev–Trinajstić information content (AvgIpc) is 3.18. The van der Waals surface area contributed by atoms with Crippen LogP contribution in [-0.4, -0.2) is 28.0 Å². The molecular weight excluding hydrogens is 458 g/mol. The topological polar surface area (TPSA) is 71.0 Å². The number of hydrogen-bond acceptors (Lipinski definition) is 6. The van der Waals surface area contributed by atoms with E-state index in [4.69, 9.17) is 9.73 Å². The normalized spacial score (nSPS) is 17.2. The highest BCUT2D eigenvalue weighted by Crippen LogP contribution is 2.45. The molecule has 0 aliphatic carbocycles. The summed E-state index contributed by atoms with van der Waals surface area (Å²) in [7, 11) is 0. The van der Waals surface area contributed by atoms with Crippen LogP contribution in [0.3, 0.4) is 0 Å².